The Morgan fingerprint density at radius 3 is 2.31 bits per heavy atom. The third kappa shape index (κ3) is 3.44. The van der Waals surface area contributed by atoms with Crippen LogP contribution in [0.25, 0.3) is 0 Å². The molecule has 0 unspecified atom stereocenters. The van der Waals surface area contributed by atoms with Crippen LogP contribution < -0.4 is 5.32 Å². The third-order valence-electron chi connectivity index (χ3n) is 1.64. The topological polar surface area (TPSA) is 12.0 Å². The Morgan fingerprint density at radius 1 is 1.31 bits per heavy atom. The number of hydrogen-bond donors (Lipinski definition) is 1. The van der Waals surface area contributed by atoms with Crippen LogP contribution in [0.5, 0.6) is 0 Å². The van der Waals surface area contributed by atoms with Crippen molar-refractivity contribution in [2.75, 3.05) is 5.32 Å². The molecule has 0 atom stereocenters. The molecule has 0 spiro atoms. The van der Waals surface area contributed by atoms with Gasteiger partial charge in [-0.1, -0.05) is 42.0 Å². The molecular weight excluding hydrogens is 246 g/mol. The first-order chi connectivity index (χ1) is 6.09. The van der Waals surface area contributed by atoms with Crippen molar-refractivity contribution in [3.05, 3.63) is 28.7 Å². The molecule has 13 heavy (non-hydrogen) atoms. The largest absolute Gasteiger partial charge is 0.350 e. The lowest BCUT2D eigenvalue weighted by Crippen LogP contribution is -2.15. The zero-order chi connectivity index (χ0) is 9.84. The smallest absolute Gasteiger partial charge is 0.0823 e. The van der Waals surface area contributed by atoms with Crippen molar-refractivity contribution < 1.29 is 0 Å². The molecule has 0 fully saturated rings. The Labute approximate surface area is 92.7 Å². The molecule has 0 aliphatic heterocycles. The molecule has 1 aromatic carbocycles. The summed E-state index contributed by atoms with van der Waals surface area (Å²) in [6.07, 6.45) is 0. The quantitative estimate of drug-likeness (QED) is 0.809. The predicted molar refractivity (Wildman–Crippen MR) is 65.2 cm³/mol. The van der Waals surface area contributed by atoms with Gasteiger partial charge in [0.15, 0.2) is 0 Å². The van der Waals surface area contributed by atoms with Crippen molar-refractivity contribution in [1.82, 2.24) is 0 Å². The zero-order valence-electron chi connectivity index (χ0n) is 7.67. The summed E-state index contributed by atoms with van der Waals surface area (Å²) < 4.78 is 1.08. The Hall–Kier alpha value is -0.410. The van der Waals surface area contributed by atoms with Gasteiger partial charge in [-0.2, -0.15) is 0 Å². The Balaban J connectivity index is 2.65. The molecule has 0 radical (unpaired) electrons. The molecule has 0 bridgehead atoms. The van der Waals surface area contributed by atoms with Crippen LogP contribution in [0.3, 0.4) is 0 Å². The highest BCUT2D eigenvalue weighted by molar-refractivity contribution is 9.10. The monoisotopic (exact) mass is 257 g/mol. The lowest BCUT2D eigenvalue weighted by molar-refractivity contribution is 0.898. The molecule has 1 rings (SSSR count). The van der Waals surface area contributed by atoms with E-state index in [1.165, 1.54) is 0 Å². The molecule has 70 valence electrons. The molecule has 1 N–H and O–H groups in total. The first kappa shape index (κ1) is 10.7. The molecule has 0 saturated heterocycles. The lowest BCUT2D eigenvalue weighted by atomic mass is 10.2. The Kier molecular flexibility index (Phi) is 3.88. The SMILES string of the molecule is CC(C)C(=S)Nc1ccc(Br)cc1. The second kappa shape index (κ2) is 4.72. The standard InChI is InChI=1S/C10H12BrNS/c1-7(2)10(13)12-9-5-3-8(11)4-6-9/h3-7H,1-2H3,(H,12,13). The van der Waals surface area contributed by atoms with Crippen molar-refractivity contribution in [3.8, 4) is 0 Å². The van der Waals surface area contributed by atoms with Gasteiger partial charge in [0.25, 0.3) is 0 Å². The fourth-order valence-electron chi connectivity index (χ4n) is 0.820. The normalized spacial score (nSPS) is 10.2. The number of rotatable bonds is 2. The van der Waals surface area contributed by atoms with E-state index in [4.69, 9.17) is 12.2 Å². The summed E-state index contributed by atoms with van der Waals surface area (Å²) in [6, 6.07) is 7.98. The summed E-state index contributed by atoms with van der Waals surface area (Å²) in [6.45, 7) is 4.16. The molecule has 3 heteroatoms. The minimum Gasteiger partial charge on any atom is -0.350 e. The summed E-state index contributed by atoms with van der Waals surface area (Å²) in [5, 5.41) is 3.18. The van der Waals surface area contributed by atoms with Crippen LogP contribution in [0.4, 0.5) is 5.69 Å². The van der Waals surface area contributed by atoms with Crippen molar-refractivity contribution in [1.29, 1.82) is 0 Å². The molecular formula is C10H12BrNS. The first-order valence-corrected chi connectivity index (χ1v) is 5.36. The minimum atomic E-state index is 0.388. The van der Waals surface area contributed by atoms with Gasteiger partial charge >= 0.3 is 0 Å². The van der Waals surface area contributed by atoms with Crippen molar-refractivity contribution in [2.24, 2.45) is 5.92 Å². The molecule has 1 nitrogen and oxygen atoms in total. The van der Waals surface area contributed by atoms with E-state index in [0.29, 0.717) is 5.92 Å². The molecule has 0 aliphatic carbocycles. The molecule has 0 aromatic heterocycles. The number of nitrogens with one attached hydrogen (secondary N) is 1. The van der Waals surface area contributed by atoms with Gasteiger partial charge in [0.1, 0.15) is 0 Å². The highest BCUT2D eigenvalue weighted by atomic mass is 79.9. The van der Waals surface area contributed by atoms with Gasteiger partial charge in [0.05, 0.1) is 4.99 Å². The van der Waals surface area contributed by atoms with E-state index in [9.17, 15) is 0 Å². The van der Waals surface area contributed by atoms with E-state index in [-0.39, 0.29) is 0 Å². The van der Waals surface area contributed by atoms with Crippen molar-refractivity contribution >= 4 is 38.8 Å². The van der Waals surface area contributed by atoms with E-state index < -0.39 is 0 Å². The number of halogens is 1. The van der Waals surface area contributed by atoms with Crippen LogP contribution >= 0.6 is 28.1 Å². The fraction of sp³-hybridized carbons (Fsp3) is 0.300. The highest BCUT2D eigenvalue weighted by Crippen LogP contribution is 2.15. The average molecular weight is 258 g/mol. The van der Waals surface area contributed by atoms with E-state index in [1.807, 2.05) is 24.3 Å². The van der Waals surface area contributed by atoms with Crippen LogP contribution in [-0.2, 0) is 0 Å². The van der Waals surface area contributed by atoms with Gasteiger partial charge in [-0.25, -0.2) is 0 Å². The second-order valence-electron chi connectivity index (χ2n) is 3.15. The molecule has 0 aliphatic rings. The van der Waals surface area contributed by atoms with E-state index in [0.717, 1.165) is 15.1 Å². The maximum absolute atomic E-state index is 5.17. The zero-order valence-corrected chi connectivity index (χ0v) is 10.1. The van der Waals surface area contributed by atoms with Crippen LogP contribution in [0.1, 0.15) is 13.8 Å². The fourth-order valence-corrected chi connectivity index (χ4v) is 1.20. The van der Waals surface area contributed by atoms with Gasteiger partial charge in [-0.15, -0.1) is 0 Å². The van der Waals surface area contributed by atoms with Gasteiger partial charge < -0.3 is 5.32 Å². The average Bonchev–Trinajstić information content (AvgIpc) is 2.08. The summed E-state index contributed by atoms with van der Waals surface area (Å²) in [5.74, 6) is 0.388. The van der Waals surface area contributed by atoms with Crippen LogP contribution in [-0.4, -0.2) is 4.99 Å². The summed E-state index contributed by atoms with van der Waals surface area (Å²) >= 11 is 8.55. The summed E-state index contributed by atoms with van der Waals surface area (Å²) in [4.78, 5) is 0.877. The molecule has 0 saturated carbocycles. The van der Waals surface area contributed by atoms with Crippen molar-refractivity contribution in [2.45, 2.75) is 13.8 Å². The Morgan fingerprint density at radius 2 is 1.85 bits per heavy atom. The summed E-state index contributed by atoms with van der Waals surface area (Å²) in [5.41, 5.74) is 1.04. The van der Waals surface area contributed by atoms with Gasteiger partial charge in [0.2, 0.25) is 0 Å². The van der Waals surface area contributed by atoms with Crippen LogP contribution in [0, 0.1) is 5.92 Å². The van der Waals surface area contributed by atoms with Gasteiger partial charge in [-0.3, -0.25) is 0 Å². The van der Waals surface area contributed by atoms with Crippen LogP contribution in [0.15, 0.2) is 28.7 Å². The second-order valence-corrected chi connectivity index (χ2v) is 4.51. The van der Waals surface area contributed by atoms with Crippen molar-refractivity contribution in [3.63, 3.8) is 0 Å². The number of benzene rings is 1. The van der Waals surface area contributed by atoms with Crippen LogP contribution in [0.2, 0.25) is 0 Å². The minimum absolute atomic E-state index is 0.388. The van der Waals surface area contributed by atoms with E-state index in [1.54, 1.807) is 0 Å². The molecule has 0 heterocycles. The number of thiocarbonyl (C=S) groups is 1. The third-order valence-corrected chi connectivity index (χ3v) is 2.74. The molecule has 1 aromatic rings. The van der Waals surface area contributed by atoms with Gasteiger partial charge in [-0.05, 0) is 24.3 Å². The Bertz CT molecular complexity index is 292. The predicted octanol–water partition coefficient (Wildman–Crippen LogP) is 3.84. The van der Waals surface area contributed by atoms with E-state index >= 15 is 0 Å². The van der Waals surface area contributed by atoms with E-state index in [2.05, 4.69) is 35.1 Å². The summed E-state index contributed by atoms with van der Waals surface area (Å²) in [7, 11) is 0. The number of hydrogen-bond acceptors (Lipinski definition) is 1. The maximum Gasteiger partial charge on any atom is 0.0823 e. The molecule has 0 amide bonds. The first-order valence-electron chi connectivity index (χ1n) is 4.16. The number of anilines is 1. The highest BCUT2D eigenvalue weighted by Gasteiger charge is 2.01. The lowest BCUT2D eigenvalue weighted by Gasteiger charge is -2.10. The van der Waals surface area contributed by atoms with Gasteiger partial charge in [0, 0.05) is 16.1 Å². The maximum atomic E-state index is 5.17.